The van der Waals surface area contributed by atoms with E-state index in [0.717, 1.165) is 31.9 Å². The number of ether oxygens (including phenoxy) is 1. The van der Waals surface area contributed by atoms with Crippen LogP contribution >= 0.6 is 0 Å². The van der Waals surface area contributed by atoms with Crippen LogP contribution < -0.4 is 5.32 Å². The summed E-state index contributed by atoms with van der Waals surface area (Å²) in [5.74, 6) is 1.84. The Hall–Kier alpha value is -1.65. The van der Waals surface area contributed by atoms with Crippen molar-refractivity contribution in [1.82, 2.24) is 10.5 Å². The van der Waals surface area contributed by atoms with Crippen LogP contribution in [-0.2, 0) is 11.3 Å². The molecule has 0 radical (unpaired) electrons. The van der Waals surface area contributed by atoms with Crippen LogP contribution in [0.15, 0.2) is 47.1 Å². The smallest absolute Gasteiger partial charge is 0.140 e. The summed E-state index contributed by atoms with van der Waals surface area (Å²) in [7, 11) is 0. The molecule has 1 aromatic heterocycles. The summed E-state index contributed by atoms with van der Waals surface area (Å²) in [6, 6.07) is 12.3. The number of benzene rings is 1. The van der Waals surface area contributed by atoms with Gasteiger partial charge in [0, 0.05) is 24.4 Å². The number of hydrogen-bond donors (Lipinski definition) is 1. The van der Waals surface area contributed by atoms with E-state index >= 15 is 0 Å². The van der Waals surface area contributed by atoms with E-state index in [0.29, 0.717) is 18.4 Å². The molecular formula is C16H20N2O2. The minimum Gasteiger partial charge on any atom is -0.376 e. The summed E-state index contributed by atoms with van der Waals surface area (Å²) in [4.78, 5) is 0. The summed E-state index contributed by atoms with van der Waals surface area (Å²) in [6.45, 7) is 3.41. The van der Waals surface area contributed by atoms with Gasteiger partial charge in [0.05, 0.1) is 19.4 Å². The van der Waals surface area contributed by atoms with E-state index < -0.39 is 0 Å². The molecule has 0 saturated carbocycles. The maximum absolute atomic E-state index is 5.89. The zero-order valence-electron chi connectivity index (χ0n) is 11.5. The Morgan fingerprint density at radius 3 is 2.95 bits per heavy atom. The molecule has 4 nitrogen and oxygen atoms in total. The third-order valence-electron chi connectivity index (χ3n) is 3.87. The first-order valence-corrected chi connectivity index (χ1v) is 7.16. The van der Waals surface area contributed by atoms with Crippen LogP contribution in [-0.4, -0.2) is 24.9 Å². The fourth-order valence-electron chi connectivity index (χ4n) is 2.79. The standard InChI is InChI=1S/C16H20N2O2/c1-2-4-13(5-3-1)11-19-12-14-10-17-8-6-15(14)16-7-9-18-20-16/h1-5,7,9,14-15,17H,6,8,10-12H2/t14-,15?/m0/s1. The van der Waals surface area contributed by atoms with Gasteiger partial charge in [-0.3, -0.25) is 0 Å². The van der Waals surface area contributed by atoms with Gasteiger partial charge in [-0.2, -0.15) is 0 Å². The van der Waals surface area contributed by atoms with E-state index in [1.165, 1.54) is 5.56 Å². The lowest BCUT2D eigenvalue weighted by atomic mass is 9.85. The second kappa shape index (κ2) is 6.68. The first-order chi connectivity index (χ1) is 9.93. The average molecular weight is 272 g/mol. The molecule has 1 fully saturated rings. The number of nitrogens with zero attached hydrogens (tertiary/aromatic N) is 1. The highest BCUT2D eigenvalue weighted by atomic mass is 16.5. The zero-order chi connectivity index (χ0) is 13.6. The molecule has 1 aliphatic heterocycles. The minimum absolute atomic E-state index is 0.412. The molecule has 1 N–H and O–H groups in total. The van der Waals surface area contributed by atoms with Crippen LogP contribution in [0.3, 0.4) is 0 Å². The molecule has 1 unspecified atom stereocenters. The quantitative estimate of drug-likeness (QED) is 0.909. The first kappa shape index (κ1) is 13.3. The van der Waals surface area contributed by atoms with E-state index in [2.05, 4.69) is 22.6 Å². The second-order valence-corrected chi connectivity index (χ2v) is 5.27. The Morgan fingerprint density at radius 2 is 2.15 bits per heavy atom. The molecule has 106 valence electrons. The van der Waals surface area contributed by atoms with Gasteiger partial charge in [-0.15, -0.1) is 0 Å². The highest BCUT2D eigenvalue weighted by Crippen LogP contribution is 2.30. The lowest BCUT2D eigenvalue weighted by Crippen LogP contribution is -2.37. The molecule has 1 aliphatic rings. The molecule has 2 atom stereocenters. The van der Waals surface area contributed by atoms with Gasteiger partial charge in [0.2, 0.25) is 0 Å². The number of nitrogens with one attached hydrogen (secondary N) is 1. The van der Waals surface area contributed by atoms with E-state index in [-0.39, 0.29) is 0 Å². The van der Waals surface area contributed by atoms with Crippen molar-refractivity contribution in [1.29, 1.82) is 0 Å². The summed E-state index contributed by atoms with van der Waals surface area (Å²) in [6.07, 6.45) is 2.80. The van der Waals surface area contributed by atoms with E-state index in [1.54, 1.807) is 6.20 Å². The van der Waals surface area contributed by atoms with Crippen molar-refractivity contribution in [3.63, 3.8) is 0 Å². The van der Waals surface area contributed by atoms with Crippen LogP contribution in [0.2, 0.25) is 0 Å². The van der Waals surface area contributed by atoms with Gasteiger partial charge in [0.25, 0.3) is 0 Å². The Bertz CT molecular complexity index is 498. The normalized spacial score (nSPS) is 22.8. The summed E-state index contributed by atoms with van der Waals surface area (Å²) in [5.41, 5.74) is 1.22. The summed E-state index contributed by atoms with van der Waals surface area (Å²) in [5, 5.41) is 7.26. The van der Waals surface area contributed by atoms with Gasteiger partial charge < -0.3 is 14.6 Å². The van der Waals surface area contributed by atoms with Crippen molar-refractivity contribution >= 4 is 0 Å². The summed E-state index contributed by atoms with van der Waals surface area (Å²) >= 11 is 0. The zero-order valence-corrected chi connectivity index (χ0v) is 11.5. The molecular weight excluding hydrogens is 252 g/mol. The maximum atomic E-state index is 5.89. The number of aromatic nitrogens is 1. The Morgan fingerprint density at radius 1 is 1.25 bits per heavy atom. The van der Waals surface area contributed by atoms with E-state index in [1.807, 2.05) is 24.3 Å². The third-order valence-corrected chi connectivity index (χ3v) is 3.87. The lowest BCUT2D eigenvalue weighted by Gasteiger charge is -2.30. The molecule has 2 heterocycles. The van der Waals surface area contributed by atoms with Crippen molar-refractivity contribution in [2.75, 3.05) is 19.7 Å². The molecule has 0 spiro atoms. The van der Waals surface area contributed by atoms with Crippen molar-refractivity contribution in [3.8, 4) is 0 Å². The first-order valence-electron chi connectivity index (χ1n) is 7.16. The van der Waals surface area contributed by atoms with Gasteiger partial charge in [-0.25, -0.2) is 0 Å². The molecule has 0 amide bonds. The van der Waals surface area contributed by atoms with Crippen LogP contribution in [0.5, 0.6) is 0 Å². The second-order valence-electron chi connectivity index (χ2n) is 5.27. The van der Waals surface area contributed by atoms with Gasteiger partial charge in [0.1, 0.15) is 5.76 Å². The lowest BCUT2D eigenvalue weighted by molar-refractivity contribution is 0.0655. The van der Waals surface area contributed by atoms with Crippen LogP contribution in [0.1, 0.15) is 23.7 Å². The topological polar surface area (TPSA) is 47.3 Å². The number of hydrogen-bond acceptors (Lipinski definition) is 4. The number of rotatable bonds is 5. The van der Waals surface area contributed by atoms with Crippen molar-refractivity contribution in [3.05, 3.63) is 53.9 Å². The largest absolute Gasteiger partial charge is 0.376 e. The Labute approximate surface area is 119 Å². The van der Waals surface area contributed by atoms with E-state index in [4.69, 9.17) is 9.26 Å². The van der Waals surface area contributed by atoms with Crippen LogP contribution in [0, 0.1) is 5.92 Å². The monoisotopic (exact) mass is 272 g/mol. The molecule has 4 heteroatoms. The predicted octanol–water partition coefficient (Wildman–Crippen LogP) is 2.58. The predicted molar refractivity (Wildman–Crippen MR) is 76.3 cm³/mol. The Kier molecular flexibility index (Phi) is 4.46. The van der Waals surface area contributed by atoms with Gasteiger partial charge in [0.15, 0.2) is 0 Å². The SMILES string of the molecule is c1ccc(COC[C@@H]2CNCCC2c2ccno2)cc1. The molecule has 2 aromatic rings. The fraction of sp³-hybridized carbons (Fsp3) is 0.438. The average Bonchev–Trinajstić information content (AvgIpc) is 3.03. The number of piperidine rings is 1. The van der Waals surface area contributed by atoms with Crippen molar-refractivity contribution in [2.45, 2.75) is 18.9 Å². The van der Waals surface area contributed by atoms with Crippen LogP contribution in [0.25, 0.3) is 0 Å². The van der Waals surface area contributed by atoms with Crippen molar-refractivity contribution < 1.29 is 9.26 Å². The minimum atomic E-state index is 0.412. The van der Waals surface area contributed by atoms with Gasteiger partial charge in [-0.05, 0) is 18.5 Å². The molecule has 20 heavy (non-hydrogen) atoms. The Balaban J connectivity index is 1.55. The fourth-order valence-corrected chi connectivity index (χ4v) is 2.79. The van der Waals surface area contributed by atoms with Crippen molar-refractivity contribution in [2.24, 2.45) is 5.92 Å². The highest BCUT2D eigenvalue weighted by Gasteiger charge is 2.28. The maximum Gasteiger partial charge on any atom is 0.140 e. The third kappa shape index (κ3) is 3.26. The summed E-state index contributed by atoms with van der Waals surface area (Å²) < 4.78 is 11.2. The van der Waals surface area contributed by atoms with E-state index in [9.17, 15) is 0 Å². The molecule has 3 rings (SSSR count). The molecule has 1 aromatic carbocycles. The molecule has 0 bridgehead atoms. The molecule has 0 aliphatic carbocycles. The van der Waals surface area contributed by atoms with Gasteiger partial charge >= 0.3 is 0 Å². The van der Waals surface area contributed by atoms with Gasteiger partial charge in [-0.1, -0.05) is 35.5 Å². The molecule has 1 saturated heterocycles. The highest BCUT2D eigenvalue weighted by molar-refractivity contribution is 5.13. The van der Waals surface area contributed by atoms with Crippen LogP contribution in [0.4, 0.5) is 0 Å².